The third-order valence-corrected chi connectivity index (χ3v) is 2.34. The molecule has 0 radical (unpaired) electrons. The van der Waals surface area contributed by atoms with Crippen LogP contribution in [0.5, 0.6) is 0 Å². The first-order valence-electron chi connectivity index (χ1n) is 4.87. The average Bonchev–Trinajstić information content (AvgIpc) is 2.59. The number of aromatic nitrogens is 1. The molecule has 78 valence electrons. The van der Waals surface area contributed by atoms with Crippen LogP contribution in [0.15, 0.2) is 22.7 Å². The Hall–Kier alpha value is -1.64. The van der Waals surface area contributed by atoms with Crippen LogP contribution in [0, 0.1) is 0 Å². The van der Waals surface area contributed by atoms with Crippen molar-refractivity contribution in [2.45, 2.75) is 26.2 Å². The second-order valence-corrected chi connectivity index (χ2v) is 4.65. The van der Waals surface area contributed by atoms with Crippen molar-refractivity contribution in [3.63, 3.8) is 0 Å². The van der Waals surface area contributed by atoms with E-state index < -0.39 is 0 Å². The zero-order chi connectivity index (χ0) is 11.1. The number of nitrogens with zero attached hydrogens (tertiary/aromatic N) is 1. The highest BCUT2D eigenvalue weighted by Gasteiger charge is 2.21. The molecular formula is C12H13NO2. The molecule has 1 aromatic carbocycles. The van der Waals surface area contributed by atoms with E-state index in [9.17, 15) is 4.79 Å². The first-order valence-corrected chi connectivity index (χ1v) is 4.87. The van der Waals surface area contributed by atoms with Crippen LogP contribution in [0.3, 0.4) is 0 Å². The lowest BCUT2D eigenvalue weighted by Crippen LogP contribution is -2.11. The van der Waals surface area contributed by atoms with Crippen LogP contribution in [-0.4, -0.2) is 11.4 Å². The van der Waals surface area contributed by atoms with Crippen LogP contribution >= 0.6 is 0 Å². The van der Waals surface area contributed by atoms with Gasteiger partial charge in [0.1, 0.15) is 6.29 Å². The second kappa shape index (κ2) is 3.19. The Balaban J connectivity index is 2.67. The van der Waals surface area contributed by atoms with E-state index in [4.69, 9.17) is 4.52 Å². The molecule has 0 saturated carbocycles. The molecular weight excluding hydrogens is 190 g/mol. The maximum atomic E-state index is 10.6. The summed E-state index contributed by atoms with van der Waals surface area (Å²) >= 11 is 0. The van der Waals surface area contributed by atoms with Gasteiger partial charge in [-0.3, -0.25) is 4.79 Å². The third kappa shape index (κ3) is 1.65. The van der Waals surface area contributed by atoms with Gasteiger partial charge in [-0.15, -0.1) is 0 Å². The Morgan fingerprint density at radius 3 is 2.67 bits per heavy atom. The minimum atomic E-state index is -0.0477. The van der Waals surface area contributed by atoms with E-state index in [1.54, 1.807) is 12.1 Å². The van der Waals surface area contributed by atoms with E-state index in [1.807, 2.05) is 6.07 Å². The van der Waals surface area contributed by atoms with E-state index in [2.05, 4.69) is 25.9 Å². The molecule has 0 aliphatic heterocycles. The molecule has 2 rings (SSSR count). The van der Waals surface area contributed by atoms with Gasteiger partial charge >= 0.3 is 0 Å². The van der Waals surface area contributed by atoms with E-state index in [1.165, 1.54) is 0 Å². The number of carbonyl (C=O) groups is 1. The Morgan fingerprint density at radius 2 is 2.07 bits per heavy atom. The van der Waals surface area contributed by atoms with Crippen molar-refractivity contribution in [3.05, 3.63) is 29.5 Å². The normalized spacial score (nSPS) is 11.9. The van der Waals surface area contributed by atoms with Crippen LogP contribution in [0.1, 0.15) is 36.8 Å². The van der Waals surface area contributed by atoms with Gasteiger partial charge in [-0.05, 0) is 12.1 Å². The molecule has 1 aromatic heterocycles. The Kier molecular flexibility index (Phi) is 2.11. The molecule has 15 heavy (non-hydrogen) atoms. The van der Waals surface area contributed by atoms with Crippen molar-refractivity contribution in [2.24, 2.45) is 0 Å². The van der Waals surface area contributed by atoms with Crippen molar-refractivity contribution in [2.75, 3.05) is 0 Å². The molecule has 0 unspecified atom stereocenters. The summed E-state index contributed by atoms with van der Waals surface area (Å²) in [5.41, 5.74) is 2.16. The molecule has 3 heteroatoms. The fraction of sp³-hybridized carbons (Fsp3) is 0.333. The van der Waals surface area contributed by atoms with Gasteiger partial charge in [0.15, 0.2) is 5.58 Å². The predicted octanol–water partition coefficient (Wildman–Crippen LogP) is 2.94. The van der Waals surface area contributed by atoms with Crippen LogP contribution < -0.4 is 0 Å². The first kappa shape index (κ1) is 9.90. The van der Waals surface area contributed by atoms with Gasteiger partial charge in [-0.2, -0.15) is 0 Å². The fourth-order valence-corrected chi connectivity index (χ4v) is 1.57. The van der Waals surface area contributed by atoms with Crippen molar-refractivity contribution < 1.29 is 9.32 Å². The number of fused-ring (bicyclic) bond motifs is 1. The molecule has 0 spiro atoms. The molecule has 2 aromatic rings. The maximum absolute atomic E-state index is 10.6. The van der Waals surface area contributed by atoms with Gasteiger partial charge in [0.2, 0.25) is 0 Å². The highest BCUT2D eigenvalue weighted by Crippen LogP contribution is 2.29. The number of hydrogen-bond donors (Lipinski definition) is 0. The largest absolute Gasteiger partial charge is 0.356 e. The maximum Gasteiger partial charge on any atom is 0.167 e. The second-order valence-electron chi connectivity index (χ2n) is 4.65. The standard InChI is InChI=1S/C12H13NO2/c1-12(2,3)11-9-5-4-8(7-14)6-10(9)15-13-11/h4-7H,1-3H3. The van der Waals surface area contributed by atoms with Crippen LogP contribution in [0.25, 0.3) is 11.0 Å². The van der Waals surface area contributed by atoms with Gasteiger partial charge in [-0.1, -0.05) is 32.0 Å². The van der Waals surface area contributed by atoms with E-state index in [-0.39, 0.29) is 5.41 Å². The van der Waals surface area contributed by atoms with Gasteiger partial charge in [0.05, 0.1) is 5.69 Å². The van der Waals surface area contributed by atoms with Crippen molar-refractivity contribution >= 4 is 17.3 Å². The lowest BCUT2D eigenvalue weighted by Gasteiger charge is -2.14. The summed E-state index contributed by atoms with van der Waals surface area (Å²) in [6.45, 7) is 6.24. The van der Waals surface area contributed by atoms with Crippen molar-refractivity contribution in [1.82, 2.24) is 5.16 Å². The van der Waals surface area contributed by atoms with Crippen LogP contribution in [0.4, 0.5) is 0 Å². The lowest BCUT2D eigenvalue weighted by atomic mass is 9.90. The first-order chi connectivity index (χ1) is 7.02. The summed E-state index contributed by atoms with van der Waals surface area (Å²) in [6, 6.07) is 5.38. The van der Waals surface area contributed by atoms with Gasteiger partial charge in [0, 0.05) is 16.4 Å². The van der Waals surface area contributed by atoms with E-state index >= 15 is 0 Å². The number of rotatable bonds is 1. The SMILES string of the molecule is CC(C)(C)c1noc2cc(C=O)ccc12. The topological polar surface area (TPSA) is 43.1 Å². The molecule has 0 atom stereocenters. The van der Waals surface area contributed by atoms with Crippen molar-refractivity contribution in [1.29, 1.82) is 0 Å². The summed E-state index contributed by atoms with van der Waals surface area (Å²) in [6.07, 6.45) is 0.804. The smallest absolute Gasteiger partial charge is 0.167 e. The molecule has 0 bridgehead atoms. The summed E-state index contributed by atoms with van der Waals surface area (Å²) in [5.74, 6) is 0. The molecule has 0 N–H and O–H groups in total. The third-order valence-electron chi connectivity index (χ3n) is 2.34. The van der Waals surface area contributed by atoms with E-state index in [0.717, 1.165) is 17.4 Å². The molecule has 0 aliphatic carbocycles. The fourth-order valence-electron chi connectivity index (χ4n) is 1.57. The predicted molar refractivity (Wildman–Crippen MR) is 58.1 cm³/mol. The van der Waals surface area contributed by atoms with E-state index in [0.29, 0.717) is 11.1 Å². The number of carbonyl (C=O) groups excluding carboxylic acids is 1. The monoisotopic (exact) mass is 203 g/mol. The van der Waals surface area contributed by atoms with Crippen LogP contribution in [0.2, 0.25) is 0 Å². The number of benzene rings is 1. The van der Waals surface area contributed by atoms with Crippen molar-refractivity contribution in [3.8, 4) is 0 Å². The molecule has 0 fully saturated rings. The van der Waals surface area contributed by atoms with Gasteiger partial charge in [-0.25, -0.2) is 0 Å². The number of hydrogen-bond acceptors (Lipinski definition) is 3. The van der Waals surface area contributed by atoms with Gasteiger partial charge < -0.3 is 4.52 Å². The zero-order valence-electron chi connectivity index (χ0n) is 9.07. The molecule has 0 saturated heterocycles. The number of aldehydes is 1. The molecule has 3 nitrogen and oxygen atoms in total. The summed E-state index contributed by atoms with van der Waals surface area (Å²) in [7, 11) is 0. The quantitative estimate of drug-likeness (QED) is 0.669. The molecule has 1 heterocycles. The average molecular weight is 203 g/mol. The Morgan fingerprint density at radius 1 is 1.33 bits per heavy atom. The summed E-state index contributed by atoms with van der Waals surface area (Å²) in [5, 5.41) is 5.03. The molecule has 0 amide bonds. The minimum Gasteiger partial charge on any atom is -0.356 e. The lowest BCUT2D eigenvalue weighted by molar-refractivity contribution is 0.112. The Labute approximate surface area is 88.1 Å². The Bertz CT molecular complexity index is 506. The highest BCUT2D eigenvalue weighted by molar-refractivity contribution is 5.87. The molecule has 0 aliphatic rings. The highest BCUT2D eigenvalue weighted by atomic mass is 16.5. The van der Waals surface area contributed by atoms with Gasteiger partial charge in [0.25, 0.3) is 0 Å². The summed E-state index contributed by atoms with van der Waals surface area (Å²) < 4.78 is 5.21. The minimum absolute atomic E-state index is 0.0477. The zero-order valence-corrected chi connectivity index (χ0v) is 9.07. The van der Waals surface area contributed by atoms with Crippen LogP contribution in [-0.2, 0) is 5.41 Å². The summed E-state index contributed by atoms with van der Waals surface area (Å²) in [4.78, 5) is 10.6.